The van der Waals surface area contributed by atoms with E-state index in [1.165, 1.54) is 4.31 Å². The van der Waals surface area contributed by atoms with Gasteiger partial charge in [-0.2, -0.15) is 4.31 Å². The molecule has 19 heavy (non-hydrogen) atoms. The number of oxime groups is 1. The van der Waals surface area contributed by atoms with E-state index in [0.29, 0.717) is 0 Å². The van der Waals surface area contributed by atoms with Gasteiger partial charge in [0.2, 0.25) is 10.0 Å². The number of ether oxygens (including phenoxy) is 1. The quantitative estimate of drug-likeness (QED) is 0.280. The van der Waals surface area contributed by atoms with E-state index in [1.54, 1.807) is 13.8 Å². The van der Waals surface area contributed by atoms with Crippen molar-refractivity contribution in [3.8, 4) is 0 Å². The molecule has 0 aliphatic heterocycles. The molecule has 0 rings (SSSR count). The van der Waals surface area contributed by atoms with Gasteiger partial charge < -0.3 is 15.7 Å². The SMILES string of the molecule is CC(C)OCCS(=O)(=O)N(CCC(N)=NO)C(C)C. The van der Waals surface area contributed by atoms with Crippen molar-refractivity contribution >= 4 is 15.9 Å². The van der Waals surface area contributed by atoms with Gasteiger partial charge in [-0.3, -0.25) is 0 Å². The van der Waals surface area contributed by atoms with E-state index in [4.69, 9.17) is 15.7 Å². The predicted molar refractivity (Wildman–Crippen MR) is 74.7 cm³/mol. The molecule has 0 aromatic carbocycles. The largest absolute Gasteiger partial charge is 0.409 e. The van der Waals surface area contributed by atoms with E-state index in [-0.39, 0.29) is 43.3 Å². The summed E-state index contributed by atoms with van der Waals surface area (Å²) in [5, 5.41) is 11.3. The molecule has 7 nitrogen and oxygen atoms in total. The van der Waals surface area contributed by atoms with Crippen molar-refractivity contribution < 1.29 is 18.4 Å². The molecule has 0 atom stereocenters. The molecule has 8 heteroatoms. The van der Waals surface area contributed by atoms with Crippen molar-refractivity contribution in [2.75, 3.05) is 18.9 Å². The zero-order chi connectivity index (χ0) is 15.1. The molecule has 0 aromatic rings. The average molecular weight is 295 g/mol. The first-order chi connectivity index (χ1) is 8.70. The summed E-state index contributed by atoms with van der Waals surface area (Å²) in [6.07, 6.45) is 0.193. The van der Waals surface area contributed by atoms with Crippen LogP contribution in [0.5, 0.6) is 0 Å². The van der Waals surface area contributed by atoms with Gasteiger partial charge in [-0.05, 0) is 27.7 Å². The molecular weight excluding hydrogens is 270 g/mol. The van der Waals surface area contributed by atoms with Crippen molar-refractivity contribution in [2.24, 2.45) is 10.9 Å². The number of rotatable bonds is 9. The zero-order valence-electron chi connectivity index (χ0n) is 12.0. The fraction of sp³-hybridized carbons (Fsp3) is 0.909. The van der Waals surface area contributed by atoms with Gasteiger partial charge in [0.1, 0.15) is 5.84 Å². The summed E-state index contributed by atoms with van der Waals surface area (Å²) < 4.78 is 30.9. The Morgan fingerprint density at radius 3 is 2.37 bits per heavy atom. The Hall–Kier alpha value is -0.860. The lowest BCUT2D eigenvalue weighted by Crippen LogP contribution is -2.41. The van der Waals surface area contributed by atoms with Gasteiger partial charge in [0.15, 0.2) is 0 Å². The second kappa shape index (κ2) is 8.34. The Labute approximate surface area is 115 Å². The molecule has 0 bridgehead atoms. The van der Waals surface area contributed by atoms with E-state index in [2.05, 4.69) is 5.16 Å². The molecular formula is C11H25N3O4S. The molecule has 0 radical (unpaired) electrons. The fourth-order valence-corrected chi connectivity index (χ4v) is 3.05. The maximum atomic E-state index is 12.2. The highest BCUT2D eigenvalue weighted by molar-refractivity contribution is 7.89. The summed E-state index contributed by atoms with van der Waals surface area (Å²) in [4.78, 5) is 0. The first-order valence-electron chi connectivity index (χ1n) is 6.28. The van der Waals surface area contributed by atoms with Crippen LogP contribution in [0, 0.1) is 0 Å². The van der Waals surface area contributed by atoms with Crippen molar-refractivity contribution in [3.63, 3.8) is 0 Å². The number of sulfonamides is 1. The van der Waals surface area contributed by atoms with Crippen LogP contribution in [-0.4, -0.2) is 54.8 Å². The molecule has 0 spiro atoms. The van der Waals surface area contributed by atoms with Gasteiger partial charge in [-0.15, -0.1) is 0 Å². The minimum Gasteiger partial charge on any atom is -0.409 e. The summed E-state index contributed by atoms with van der Waals surface area (Å²) in [6.45, 7) is 7.63. The van der Waals surface area contributed by atoms with Gasteiger partial charge in [-0.25, -0.2) is 8.42 Å². The van der Waals surface area contributed by atoms with Crippen LogP contribution in [0.25, 0.3) is 0 Å². The second-order valence-corrected chi connectivity index (χ2v) is 6.82. The lowest BCUT2D eigenvalue weighted by Gasteiger charge is -2.25. The Morgan fingerprint density at radius 2 is 1.95 bits per heavy atom. The van der Waals surface area contributed by atoms with Crippen LogP contribution in [-0.2, 0) is 14.8 Å². The molecule has 0 fully saturated rings. The van der Waals surface area contributed by atoms with Crippen LogP contribution >= 0.6 is 0 Å². The summed E-state index contributed by atoms with van der Waals surface area (Å²) in [5.74, 6) is -0.0567. The minimum absolute atomic E-state index is 0.000123. The number of hydrogen-bond acceptors (Lipinski definition) is 5. The molecule has 0 aliphatic carbocycles. The van der Waals surface area contributed by atoms with Crippen molar-refractivity contribution in [1.29, 1.82) is 0 Å². The molecule has 0 aromatic heterocycles. The number of nitrogens with zero attached hydrogens (tertiary/aromatic N) is 2. The maximum absolute atomic E-state index is 12.2. The number of amidine groups is 1. The van der Waals surface area contributed by atoms with Gasteiger partial charge in [-0.1, -0.05) is 5.16 Å². The Bertz CT molecular complexity index is 379. The van der Waals surface area contributed by atoms with Crippen LogP contribution < -0.4 is 5.73 Å². The van der Waals surface area contributed by atoms with Crippen LogP contribution in [0.1, 0.15) is 34.1 Å². The Balaban J connectivity index is 4.58. The summed E-state index contributed by atoms with van der Waals surface area (Å²) in [7, 11) is -3.41. The number of nitrogens with two attached hydrogens (primary N) is 1. The summed E-state index contributed by atoms with van der Waals surface area (Å²) in [6, 6.07) is -0.185. The van der Waals surface area contributed by atoms with Crippen LogP contribution in [0.3, 0.4) is 0 Å². The lowest BCUT2D eigenvalue weighted by atomic mass is 10.3. The van der Waals surface area contributed by atoms with E-state index in [9.17, 15) is 8.42 Å². The highest BCUT2D eigenvalue weighted by Crippen LogP contribution is 2.09. The Morgan fingerprint density at radius 1 is 1.37 bits per heavy atom. The second-order valence-electron chi connectivity index (χ2n) is 4.78. The molecule has 0 unspecified atom stereocenters. The van der Waals surface area contributed by atoms with Crippen LogP contribution in [0.2, 0.25) is 0 Å². The summed E-state index contributed by atoms with van der Waals surface area (Å²) >= 11 is 0. The first-order valence-corrected chi connectivity index (χ1v) is 7.89. The van der Waals surface area contributed by atoms with Crippen molar-refractivity contribution in [3.05, 3.63) is 0 Å². The molecule has 114 valence electrons. The van der Waals surface area contributed by atoms with Gasteiger partial charge in [0.25, 0.3) is 0 Å². The lowest BCUT2D eigenvalue weighted by molar-refractivity contribution is 0.0905. The van der Waals surface area contributed by atoms with Gasteiger partial charge >= 0.3 is 0 Å². The highest BCUT2D eigenvalue weighted by atomic mass is 32.2. The van der Waals surface area contributed by atoms with Crippen LogP contribution in [0.15, 0.2) is 5.16 Å². The van der Waals surface area contributed by atoms with E-state index < -0.39 is 10.0 Å². The maximum Gasteiger partial charge on any atom is 0.216 e. The summed E-state index contributed by atoms with van der Waals surface area (Å²) in [5.41, 5.74) is 5.36. The molecule has 0 amide bonds. The molecule has 3 N–H and O–H groups in total. The van der Waals surface area contributed by atoms with E-state index >= 15 is 0 Å². The van der Waals surface area contributed by atoms with Gasteiger partial charge in [0, 0.05) is 19.0 Å². The van der Waals surface area contributed by atoms with Crippen molar-refractivity contribution in [1.82, 2.24) is 4.31 Å². The standard InChI is InChI=1S/C11H25N3O4S/c1-9(2)14(6-5-11(12)13-15)19(16,17)8-7-18-10(3)4/h9-10,15H,5-8H2,1-4H3,(H2,12,13). The minimum atomic E-state index is -3.41. The molecule has 0 aliphatic rings. The van der Waals surface area contributed by atoms with E-state index in [1.807, 2.05) is 13.8 Å². The third-order valence-electron chi connectivity index (χ3n) is 2.44. The molecule has 0 heterocycles. The monoisotopic (exact) mass is 295 g/mol. The normalized spacial score (nSPS) is 13.7. The molecule has 0 saturated carbocycles. The zero-order valence-corrected chi connectivity index (χ0v) is 12.9. The Kier molecular flexibility index (Phi) is 7.96. The average Bonchev–Trinajstić information content (AvgIpc) is 2.27. The predicted octanol–water partition coefficient (Wildman–Crippen LogP) is 0.588. The topological polar surface area (TPSA) is 105 Å². The first kappa shape index (κ1) is 18.1. The third-order valence-corrected chi connectivity index (χ3v) is 4.44. The third kappa shape index (κ3) is 7.34. The van der Waals surface area contributed by atoms with Crippen molar-refractivity contribution in [2.45, 2.75) is 46.3 Å². The van der Waals surface area contributed by atoms with Gasteiger partial charge in [0.05, 0.1) is 18.5 Å². The molecule has 0 saturated heterocycles. The van der Waals surface area contributed by atoms with Crippen LogP contribution in [0.4, 0.5) is 0 Å². The smallest absolute Gasteiger partial charge is 0.216 e. The highest BCUT2D eigenvalue weighted by Gasteiger charge is 2.24. The fourth-order valence-electron chi connectivity index (χ4n) is 1.50. The van der Waals surface area contributed by atoms with E-state index in [0.717, 1.165) is 0 Å². The number of hydrogen-bond donors (Lipinski definition) is 2.